The molecule has 0 N–H and O–H groups in total. The number of carbonyl (C=O) groups is 2. The van der Waals surface area contributed by atoms with Crippen molar-refractivity contribution in [2.45, 2.75) is 32.9 Å². The van der Waals surface area contributed by atoms with Gasteiger partial charge >= 0.3 is 0 Å². The molecule has 0 bridgehead atoms. The number of fused-ring (bicyclic) bond motifs is 1. The van der Waals surface area contributed by atoms with Crippen LogP contribution >= 0.6 is 11.6 Å². The molecule has 0 spiro atoms. The van der Waals surface area contributed by atoms with E-state index in [4.69, 9.17) is 16.3 Å². The molecule has 0 saturated carbocycles. The molecule has 1 unspecified atom stereocenters. The van der Waals surface area contributed by atoms with Crippen LogP contribution in [0.25, 0.3) is 0 Å². The van der Waals surface area contributed by atoms with Crippen LogP contribution in [0.3, 0.4) is 0 Å². The van der Waals surface area contributed by atoms with Gasteiger partial charge in [0.1, 0.15) is 12.3 Å². The molecule has 3 rings (SSSR count). The Morgan fingerprint density at radius 2 is 2.00 bits per heavy atom. The minimum absolute atomic E-state index is 0.0350. The second-order valence-electron chi connectivity index (χ2n) is 6.65. The maximum absolute atomic E-state index is 13.1. The Kier molecular flexibility index (Phi) is 6.01. The van der Waals surface area contributed by atoms with Crippen molar-refractivity contribution in [1.29, 1.82) is 0 Å². The van der Waals surface area contributed by atoms with E-state index in [0.29, 0.717) is 23.0 Å². The Morgan fingerprint density at radius 3 is 2.70 bits per heavy atom. The fourth-order valence-corrected chi connectivity index (χ4v) is 3.23. The fourth-order valence-electron chi connectivity index (χ4n) is 3.07. The van der Waals surface area contributed by atoms with E-state index in [0.717, 1.165) is 12.0 Å². The molecule has 1 aliphatic rings. The highest BCUT2D eigenvalue weighted by molar-refractivity contribution is 6.31. The second-order valence-corrected chi connectivity index (χ2v) is 7.08. The van der Waals surface area contributed by atoms with Crippen LogP contribution in [0.1, 0.15) is 25.8 Å². The third-order valence-electron chi connectivity index (χ3n) is 4.80. The predicted octanol–water partition coefficient (Wildman–Crippen LogP) is 3.89. The van der Waals surface area contributed by atoms with Gasteiger partial charge in [-0.05, 0) is 37.1 Å². The zero-order valence-corrected chi connectivity index (χ0v) is 16.3. The summed E-state index contributed by atoms with van der Waals surface area (Å²) >= 11 is 6.08. The first-order valence-electron chi connectivity index (χ1n) is 9.05. The van der Waals surface area contributed by atoms with Crippen LogP contribution in [0.2, 0.25) is 5.02 Å². The van der Waals surface area contributed by atoms with Crippen LogP contribution in [0, 0.1) is 0 Å². The van der Waals surface area contributed by atoms with E-state index < -0.39 is 0 Å². The Morgan fingerprint density at radius 1 is 1.26 bits per heavy atom. The Hall–Kier alpha value is -2.53. The number of amides is 2. The lowest BCUT2D eigenvalue weighted by atomic mass is 10.1. The molecule has 6 heteroatoms. The van der Waals surface area contributed by atoms with Crippen LogP contribution < -0.4 is 9.64 Å². The van der Waals surface area contributed by atoms with E-state index in [1.807, 2.05) is 49.1 Å². The van der Waals surface area contributed by atoms with Gasteiger partial charge in [0.2, 0.25) is 5.91 Å². The standard InChI is InChI=1S/C21H23ClN2O3/c1-3-15(2)23(12-16-7-5-4-6-8-16)20(25)13-24-18-11-17(22)9-10-19(18)27-14-21(24)26/h4-11,15H,3,12-14H2,1-2H3. The van der Waals surface area contributed by atoms with Crippen molar-refractivity contribution in [3.8, 4) is 5.75 Å². The number of nitrogens with zero attached hydrogens (tertiary/aromatic N) is 2. The average molecular weight is 387 g/mol. The molecule has 0 aliphatic carbocycles. The van der Waals surface area contributed by atoms with Crippen LogP contribution in [-0.2, 0) is 16.1 Å². The van der Waals surface area contributed by atoms with Crippen molar-refractivity contribution in [2.24, 2.45) is 0 Å². The Labute approximate surface area is 164 Å². The summed E-state index contributed by atoms with van der Waals surface area (Å²) < 4.78 is 5.45. The number of hydrogen-bond donors (Lipinski definition) is 0. The quantitative estimate of drug-likeness (QED) is 0.756. The first-order valence-corrected chi connectivity index (χ1v) is 9.43. The molecular formula is C21H23ClN2O3. The van der Waals surface area contributed by atoms with E-state index in [9.17, 15) is 9.59 Å². The normalized spacial score (nSPS) is 14.3. The van der Waals surface area contributed by atoms with Crippen molar-refractivity contribution < 1.29 is 14.3 Å². The predicted molar refractivity (Wildman–Crippen MR) is 106 cm³/mol. The number of ether oxygens (including phenoxy) is 1. The van der Waals surface area contributed by atoms with E-state index in [2.05, 4.69) is 0 Å². The molecule has 2 amide bonds. The lowest BCUT2D eigenvalue weighted by molar-refractivity contribution is -0.134. The number of hydrogen-bond acceptors (Lipinski definition) is 3. The van der Waals surface area contributed by atoms with Crippen molar-refractivity contribution in [1.82, 2.24) is 4.90 Å². The Balaban J connectivity index is 1.83. The van der Waals surface area contributed by atoms with E-state index in [1.165, 1.54) is 4.90 Å². The topological polar surface area (TPSA) is 49.9 Å². The van der Waals surface area contributed by atoms with Crippen LogP contribution in [0.15, 0.2) is 48.5 Å². The average Bonchev–Trinajstić information content (AvgIpc) is 2.68. The Bertz CT molecular complexity index is 825. The number of benzene rings is 2. The highest BCUT2D eigenvalue weighted by Crippen LogP contribution is 2.34. The summed E-state index contributed by atoms with van der Waals surface area (Å²) in [5.74, 6) is 0.209. The minimum atomic E-state index is -0.248. The molecule has 27 heavy (non-hydrogen) atoms. The van der Waals surface area contributed by atoms with E-state index >= 15 is 0 Å². The van der Waals surface area contributed by atoms with Gasteiger partial charge in [0, 0.05) is 17.6 Å². The summed E-state index contributed by atoms with van der Waals surface area (Å²) in [6, 6.07) is 15.0. The summed E-state index contributed by atoms with van der Waals surface area (Å²) in [7, 11) is 0. The van der Waals surface area contributed by atoms with Crippen molar-refractivity contribution in [3.05, 3.63) is 59.1 Å². The zero-order valence-electron chi connectivity index (χ0n) is 15.5. The largest absolute Gasteiger partial charge is 0.482 e. The minimum Gasteiger partial charge on any atom is -0.482 e. The third-order valence-corrected chi connectivity index (χ3v) is 5.03. The number of anilines is 1. The first kappa shape index (κ1) is 19.2. The van der Waals surface area contributed by atoms with Gasteiger partial charge in [-0.3, -0.25) is 14.5 Å². The van der Waals surface area contributed by atoms with Gasteiger partial charge < -0.3 is 9.64 Å². The molecule has 0 radical (unpaired) electrons. The van der Waals surface area contributed by atoms with Gasteiger partial charge in [-0.25, -0.2) is 0 Å². The van der Waals surface area contributed by atoms with Crippen LogP contribution in [-0.4, -0.2) is 35.9 Å². The van der Waals surface area contributed by atoms with Gasteiger partial charge in [-0.2, -0.15) is 0 Å². The highest BCUT2D eigenvalue weighted by Gasteiger charge is 2.30. The molecule has 142 valence electrons. The number of halogens is 1. The summed E-state index contributed by atoms with van der Waals surface area (Å²) in [5, 5.41) is 0.493. The highest BCUT2D eigenvalue weighted by atomic mass is 35.5. The van der Waals surface area contributed by atoms with Gasteiger partial charge in [0.25, 0.3) is 5.91 Å². The number of carbonyl (C=O) groups excluding carboxylic acids is 2. The van der Waals surface area contributed by atoms with Crippen molar-refractivity contribution in [2.75, 3.05) is 18.1 Å². The fraction of sp³-hybridized carbons (Fsp3) is 0.333. The molecule has 2 aromatic carbocycles. The van der Waals surface area contributed by atoms with Crippen LogP contribution in [0.5, 0.6) is 5.75 Å². The zero-order chi connectivity index (χ0) is 19.4. The van der Waals surface area contributed by atoms with Gasteiger partial charge in [0.15, 0.2) is 6.61 Å². The molecule has 0 fully saturated rings. The van der Waals surface area contributed by atoms with Crippen LogP contribution in [0.4, 0.5) is 5.69 Å². The summed E-state index contributed by atoms with van der Waals surface area (Å²) in [4.78, 5) is 28.8. The molecule has 2 aromatic rings. The lowest BCUT2D eigenvalue weighted by Gasteiger charge is -2.33. The molecule has 0 aromatic heterocycles. The molecule has 5 nitrogen and oxygen atoms in total. The SMILES string of the molecule is CCC(C)N(Cc1ccccc1)C(=O)CN1C(=O)COc2ccc(Cl)cc21. The lowest BCUT2D eigenvalue weighted by Crippen LogP contribution is -2.48. The van der Waals surface area contributed by atoms with Gasteiger partial charge in [-0.1, -0.05) is 48.9 Å². The molecular weight excluding hydrogens is 364 g/mol. The number of rotatable bonds is 6. The maximum Gasteiger partial charge on any atom is 0.265 e. The smallest absolute Gasteiger partial charge is 0.265 e. The van der Waals surface area contributed by atoms with Gasteiger partial charge in [-0.15, -0.1) is 0 Å². The molecule has 0 saturated heterocycles. The summed E-state index contributed by atoms with van der Waals surface area (Å²) in [6.07, 6.45) is 0.831. The van der Waals surface area contributed by atoms with Crippen molar-refractivity contribution in [3.63, 3.8) is 0 Å². The van der Waals surface area contributed by atoms with Gasteiger partial charge in [0.05, 0.1) is 5.69 Å². The molecule has 1 atom stereocenters. The first-order chi connectivity index (χ1) is 13.0. The summed E-state index contributed by atoms with van der Waals surface area (Å²) in [6.45, 7) is 4.46. The summed E-state index contributed by atoms with van der Waals surface area (Å²) in [5.41, 5.74) is 1.60. The monoisotopic (exact) mass is 386 g/mol. The molecule has 1 aliphatic heterocycles. The molecule has 1 heterocycles. The van der Waals surface area contributed by atoms with E-state index in [-0.39, 0.29) is 31.0 Å². The van der Waals surface area contributed by atoms with E-state index in [1.54, 1.807) is 18.2 Å². The third kappa shape index (κ3) is 4.42. The van der Waals surface area contributed by atoms with Crippen molar-refractivity contribution >= 4 is 29.1 Å². The second kappa shape index (κ2) is 8.44. The maximum atomic E-state index is 13.1.